The zero-order chi connectivity index (χ0) is 17.2. The molecular weight excluding hydrogens is 318 g/mol. The SMILES string of the molecule is Cc1nc(-c2cccc(COc3cccc4ccc(=O)[nH]c34)c2)no1. The highest BCUT2D eigenvalue weighted by molar-refractivity contribution is 5.84. The molecule has 4 aromatic rings. The van der Waals surface area contributed by atoms with E-state index in [2.05, 4.69) is 15.1 Å². The molecule has 0 saturated carbocycles. The molecule has 6 heteroatoms. The third kappa shape index (κ3) is 3.14. The average Bonchev–Trinajstić information content (AvgIpc) is 3.07. The molecule has 0 unspecified atom stereocenters. The van der Waals surface area contributed by atoms with Gasteiger partial charge >= 0.3 is 0 Å². The molecule has 4 rings (SSSR count). The number of benzene rings is 2. The highest BCUT2D eigenvalue weighted by Crippen LogP contribution is 2.24. The van der Waals surface area contributed by atoms with Crippen LogP contribution in [0.15, 0.2) is 63.9 Å². The first kappa shape index (κ1) is 15.1. The Bertz CT molecular complexity index is 1100. The van der Waals surface area contributed by atoms with Gasteiger partial charge in [-0.05, 0) is 23.8 Å². The van der Waals surface area contributed by atoms with Crippen LogP contribution in [-0.4, -0.2) is 15.1 Å². The summed E-state index contributed by atoms with van der Waals surface area (Å²) < 4.78 is 10.9. The Labute approximate surface area is 143 Å². The van der Waals surface area contributed by atoms with E-state index in [1.807, 2.05) is 42.5 Å². The summed E-state index contributed by atoms with van der Waals surface area (Å²) in [4.78, 5) is 18.6. The van der Waals surface area contributed by atoms with Gasteiger partial charge in [-0.25, -0.2) is 0 Å². The number of rotatable bonds is 4. The molecule has 2 aromatic heterocycles. The number of hydrogen-bond donors (Lipinski definition) is 1. The summed E-state index contributed by atoms with van der Waals surface area (Å²) in [6.07, 6.45) is 0. The number of ether oxygens (including phenoxy) is 1. The van der Waals surface area contributed by atoms with Gasteiger partial charge in [0.1, 0.15) is 12.4 Å². The fourth-order valence-electron chi connectivity index (χ4n) is 2.65. The normalized spacial score (nSPS) is 10.9. The number of fused-ring (bicyclic) bond motifs is 1. The molecule has 0 atom stereocenters. The van der Waals surface area contributed by atoms with Gasteiger partial charge in [-0.15, -0.1) is 0 Å². The molecule has 25 heavy (non-hydrogen) atoms. The van der Waals surface area contributed by atoms with E-state index in [0.29, 0.717) is 29.6 Å². The summed E-state index contributed by atoms with van der Waals surface area (Å²) in [6.45, 7) is 2.12. The topological polar surface area (TPSA) is 81.0 Å². The zero-order valence-corrected chi connectivity index (χ0v) is 13.5. The number of nitrogens with zero attached hydrogens (tertiary/aromatic N) is 2. The molecule has 0 bridgehead atoms. The molecule has 2 aromatic carbocycles. The predicted molar refractivity (Wildman–Crippen MR) is 93.4 cm³/mol. The number of aryl methyl sites for hydroxylation is 1. The van der Waals surface area contributed by atoms with E-state index in [1.54, 1.807) is 13.0 Å². The van der Waals surface area contributed by atoms with Crippen LogP contribution in [0.5, 0.6) is 5.75 Å². The molecule has 124 valence electrons. The van der Waals surface area contributed by atoms with Gasteiger partial charge in [0, 0.05) is 23.9 Å². The van der Waals surface area contributed by atoms with Crippen LogP contribution in [-0.2, 0) is 6.61 Å². The second-order valence-corrected chi connectivity index (χ2v) is 5.67. The first-order valence-electron chi connectivity index (χ1n) is 7.83. The number of aromatic amines is 1. The van der Waals surface area contributed by atoms with E-state index < -0.39 is 0 Å². The molecule has 0 amide bonds. The van der Waals surface area contributed by atoms with Crippen molar-refractivity contribution in [2.75, 3.05) is 0 Å². The van der Waals surface area contributed by atoms with Crippen molar-refractivity contribution in [3.05, 3.63) is 76.4 Å². The maximum atomic E-state index is 11.6. The Hall–Kier alpha value is -3.41. The van der Waals surface area contributed by atoms with Crippen molar-refractivity contribution in [3.63, 3.8) is 0 Å². The van der Waals surface area contributed by atoms with Crippen molar-refractivity contribution in [1.29, 1.82) is 0 Å². The first-order valence-corrected chi connectivity index (χ1v) is 7.83. The standard InChI is InChI=1S/C19H15N3O3/c1-12-20-19(22-25-12)15-6-2-4-13(10-15)11-24-16-7-3-5-14-8-9-17(23)21-18(14)16/h2-10H,11H2,1H3,(H,21,23). The summed E-state index contributed by atoms with van der Waals surface area (Å²) in [6, 6.07) is 16.7. The van der Waals surface area contributed by atoms with Crippen molar-refractivity contribution >= 4 is 10.9 Å². The third-order valence-corrected chi connectivity index (χ3v) is 3.83. The van der Waals surface area contributed by atoms with E-state index in [9.17, 15) is 4.79 Å². The predicted octanol–water partition coefficient (Wildman–Crippen LogP) is 3.47. The number of hydrogen-bond acceptors (Lipinski definition) is 5. The van der Waals surface area contributed by atoms with Crippen LogP contribution in [0, 0.1) is 6.92 Å². The third-order valence-electron chi connectivity index (χ3n) is 3.83. The minimum atomic E-state index is -0.155. The molecule has 0 spiro atoms. The van der Waals surface area contributed by atoms with Crippen molar-refractivity contribution < 1.29 is 9.26 Å². The van der Waals surface area contributed by atoms with Crippen molar-refractivity contribution in [1.82, 2.24) is 15.1 Å². The lowest BCUT2D eigenvalue weighted by Gasteiger charge is -2.09. The van der Waals surface area contributed by atoms with E-state index in [1.165, 1.54) is 6.07 Å². The fraction of sp³-hybridized carbons (Fsp3) is 0.105. The molecule has 0 aliphatic heterocycles. The second-order valence-electron chi connectivity index (χ2n) is 5.67. The van der Waals surface area contributed by atoms with E-state index in [0.717, 1.165) is 16.5 Å². The molecular formula is C19H15N3O3. The molecule has 2 heterocycles. The number of H-pyrrole nitrogens is 1. The monoisotopic (exact) mass is 333 g/mol. The fourth-order valence-corrected chi connectivity index (χ4v) is 2.65. The van der Waals surface area contributed by atoms with E-state index in [4.69, 9.17) is 9.26 Å². The average molecular weight is 333 g/mol. The van der Waals surface area contributed by atoms with E-state index >= 15 is 0 Å². The van der Waals surface area contributed by atoms with Crippen molar-refractivity contribution in [2.45, 2.75) is 13.5 Å². The van der Waals surface area contributed by atoms with Crippen LogP contribution in [0.1, 0.15) is 11.5 Å². The smallest absolute Gasteiger partial charge is 0.248 e. The van der Waals surface area contributed by atoms with Crippen molar-refractivity contribution in [2.24, 2.45) is 0 Å². The summed E-state index contributed by atoms with van der Waals surface area (Å²) in [5.74, 6) is 1.71. The lowest BCUT2D eigenvalue weighted by Crippen LogP contribution is -2.04. The van der Waals surface area contributed by atoms with Crippen LogP contribution < -0.4 is 10.3 Å². The Balaban J connectivity index is 1.60. The largest absolute Gasteiger partial charge is 0.487 e. The summed E-state index contributed by atoms with van der Waals surface area (Å²) in [5.41, 5.74) is 2.37. The zero-order valence-electron chi connectivity index (χ0n) is 13.5. The van der Waals surface area contributed by atoms with Crippen LogP contribution in [0.2, 0.25) is 0 Å². The molecule has 6 nitrogen and oxygen atoms in total. The number of para-hydroxylation sites is 1. The van der Waals surface area contributed by atoms with Gasteiger partial charge in [-0.1, -0.05) is 35.5 Å². The maximum Gasteiger partial charge on any atom is 0.248 e. The Morgan fingerprint density at radius 2 is 2.00 bits per heavy atom. The lowest BCUT2D eigenvalue weighted by atomic mass is 10.1. The summed E-state index contributed by atoms with van der Waals surface area (Å²) in [7, 11) is 0. The highest BCUT2D eigenvalue weighted by atomic mass is 16.5. The molecule has 1 N–H and O–H groups in total. The Morgan fingerprint density at radius 3 is 2.84 bits per heavy atom. The minimum absolute atomic E-state index is 0.155. The number of aromatic nitrogens is 3. The van der Waals surface area contributed by atoms with E-state index in [-0.39, 0.29) is 5.56 Å². The quantitative estimate of drug-likeness (QED) is 0.618. The molecule has 0 aliphatic carbocycles. The maximum absolute atomic E-state index is 11.6. The molecule has 0 fully saturated rings. The van der Waals surface area contributed by atoms with Gasteiger partial charge in [0.15, 0.2) is 0 Å². The Morgan fingerprint density at radius 1 is 1.12 bits per heavy atom. The van der Waals surface area contributed by atoms with Crippen LogP contribution in [0.3, 0.4) is 0 Å². The molecule has 0 aliphatic rings. The number of nitrogens with one attached hydrogen (secondary N) is 1. The van der Waals surface area contributed by atoms with Crippen LogP contribution >= 0.6 is 0 Å². The van der Waals surface area contributed by atoms with Gasteiger partial charge < -0.3 is 14.2 Å². The summed E-state index contributed by atoms with van der Waals surface area (Å²) >= 11 is 0. The van der Waals surface area contributed by atoms with Crippen molar-refractivity contribution in [3.8, 4) is 17.1 Å². The lowest BCUT2D eigenvalue weighted by molar-refractivity contribution is 0.309. The van der Waals surface area contributed by atoms with Gasteiger partial charge in [-0.2, -0.15) is 4.98 Å². The molecule has 0 radical (unpaired) electrons. The van der Waals surface area contributed by atoms with Gasteiger partial charge in [0.05, 0.1) is 5.52 Å². The second kappa shape index (κ2) is 6.24. The van der Waals surface area contributed by atoms with Gasteiger partial charge in [-0.3, -0.25) is 4.79 Å². The van der Waals surface area contributed by atoms with Crippen LogP contribution in [0.4, 0.5) is 0 Å². The van der Waals surface area contributed by atoms with Crippen LogP contribution in [0.25, 0.3) is 22.3 Å². The van der Waals surface area contributed by atoms with Gasteiger partial charge in [0.2, 0.25) is 17.3 Å². The summed E-state index contributed by atoms with van der Waals surface area (Å²) in [5, 5.41) is 4.85. The molecule has 0 saturated heterocycles. The number of pyridine rings is 1. The Kier molecular flexibility index (Phi) is 3.78. The van der Waals surface area contributed by atoms with Gasteiger partial charge in [0.25, 0.3) is 0 Å². The highest BCUT2D eigenvalue weighted by Gasteiger charge is 2.08. The first-order chi connectivity index (χ1) is 12.2. The minimum Gasteiger partial charge on any atom is -0.487 e.